The number of ketones is 1. The molecular weight excluding hydrogens is 296 g/mol. The maximum absolute atomic E-state index is 12.1. The highest BCUT2D eigenvalue weighted by molar-refractivity contribution is 9.10. The van der Waals surface area contributed by atoms with E-state index in [-0.39, 0.29) is 11.5 Å². The lowest BCUT2D eigenvalue weighted by atomic mass is 10.1. The van der Waals surface area contributed by atoms with Crippen molar-refractivity contribution in [3.63, 3.8) is 0 Å². The van der Waals surface area contributed by atoms with E-state index >= 15 is 0 Å². The fourth-order valence-corrected chi connectivity index (χ4v) is 2.16. The highest BCUT2D eigenvalue weighted by Gasteiger charge is 2.15. The molecule has 0 saturated carbocycles. The van der Waals surface area contributed by atoms with Gasteiger partial charge < -0.3 is 4.42 Å². The Morgan fingerprint density at radius 2 is 2.00 bits per heavy atom. The molecule has 0 N–H and O–H groups in total. The Morgan fingerprint density at radius 3 is 2.72 bits per heavy atom. The van der Waals surface area contributed by atoms with Crippen LogP contribution < -0.4 is 0 Å². The van der Waals surface area contributed by atoms with Gasteiger partial charge in [-0.1, -0.05) is 12.1 Å². The van der Waals surface area contributed by atoms with Crippen LogP contribution in [0.2, 0.25) is 0 Å². The van der Waals surface area contributed by atoms with Gasteiger partial charge in [0, 0.05) is 17.8 Å². The van der Waals surface area contributed by atoms with E-state index in [1.54, 1.807) is 6.07 Å². The summed E-state index contributed by atoms with van der Waals surface area (Å²) < 4.78 is 6.39. The Bertz CT molecular complexity index is 722. The van der Waals surface area contributed by atoms with Gasteiger partial charge in [-0.15, -0.1) is 0 Å². The summed E-state index contributed by atoms with van der Waals surface area (Å²) in [5.74, 6) is 0.0606. The molecule has 4 nitrogen and oxygen atoms in total. The zero-order chi connectivity index (χ0) is 12.5. The molecule has 0 aliphatic carbocycles. The first-order chi connectivity index (χ1) is 8.75. The third-order valence-corrected chi connectivity index (χ3v) is 3.17. The molecule has 0 saturated heterocycles. The summed E-state index contributed by atoms with van der Waals surface area (Å²) >= 11 is 3.39. The molecule has 0 aliphatic heterocycles. The number of para-hydroxylation sites is 1. The molecule has 0 aliphatic rings. The number of rotatable bonds is 2. The number of nitrogens with zero attached hydrogens (tertiary/aromatic N) is 2. The van der Waals surface area contributed by atoms with Crippen molar-refractivity contribution in [1.29, 1.82) is 0 Å². The predicted octanol–water partition coefficient (Wildman–Crippen LogP) is 3.22. The van der Waals surface area contributed by atoms with Crippen LogP contribution in [0, 0.1) is 0 Å². The lowest BCUT2D eigenvalue weighted by molar-refractivity contribution is 0.101. The van der Waals surface area contributed by atoms with Crippen LogP contribution >= 0.6 is 15.9 Å². The van der Waals surface area contributed by atoms with Crippen LogP contribution in [-0.4, -0.2) is 15.8 Å². The summed E-state index contributed by atoms with van der Waals surface area (Å²) in [4.78, 5) is 19.8. The zero-order valence-electron chi connectivity index (χ0n) is 9.13. The van der Waals surface area contributed by atoms with E-state index < -0.39 is 0 Å². The van der Waals surface area contributed by atoms with Crippen LogP contribution in [0.15, 0.2) is 51.9 Å². The summed E-state index contributed by atoms with van der Waals surface area (Å²) in [6.45, 7) is 0. The highest BCUT2D eigenvalue weighted by Crippen LogP contribution is 2.27. The van der Waals surface area contributed by atoms with Crippen LogP contribution in [0.4, 0.5) is 0 Å². The van der Waals surface area contributed by atoms with Crippen molar-refractivity contribution in [3.05, 3.63) is 58.8 Å². The van der Waals surface area contributed by atoms with Crippen molar-refractivity contribution in [2.45, 2.75) is 0 Å². The van der Waals surface area contributed by atoms with Crippen LogP contribution in [0.5, 0.6) is 0 Å². The van der Waals surface area contributed by atoms with Gasteiger partial charge in [-0.25, -0.2) is 9.97 Å². The minimum absolute atomic E-state index is 0.223. The number of fused-ring (bicyclic) bond motifs is 1. The molecule has 1 aromatic carbocycles. The van der Waals surface area contributed by atoms with E-state index in [9.17, 15) is 4.79 Å². The molecule has 88 valence electrons. The molecule has 0 radical (unpaired) electrons. The molecule has 0 fully saturated rings. The summed E-state index contributed by atoms with van der Waals surface area (Å²) in [7, 11) is 0. The van der Waals surface area contributed by atoms with Crippen molar-refractivity contribution >= 4 is 32.7 Å². The monoisotopic (exact) mass is 302 g/mol. The van der Waals surface area contributed by atoms with Crippen molar-refractivity contribution in [2.24, 2.45) is 0 Å². The van der Waals surface area contributed by atoms with Crippen LogP contribution in [0.3, 0.4) is 0 Å². The lowest BCUT2D eigenvalue weighted by Crippen LogP contribution is -2.00. The molecule has 0 unspecified atom stereocenters. The molecule has 0 spiro atoms. The number of benzene rings is 1. The van der Waals surface area contributed by atoms with Crippen LogP contribution in [-0.2, 0) is 0 Å². The maximum atomic E-state index is 12.1. The van der Waals surface area contributed by atoms with Gasteiger partial charge in [-0.05, 0) is 28.1 Å². The van der Waals surface area contributed by atoms with Gasteiger partial charge in [0.1, 0.15) is 11.9 Å². The second-order valence-electron chi connectivity index (χ2n) is 3.73. The molecule has 0 atom stereocenters. The quantitative estimate of drug-likeness (QED) is 0.682. The number of aromatic nitrogens is 2. The Kier molecular flexibility index (Phi) is 2.68. The largest absolute Gasteiger partial charge is 0.451 e. The van der Waals surface area contributed by atoms with Gasteiger partial charge in [-0.2, -0.15) is 0 Å². The Hall–Kier alpha value is -2.01. The first-order valence-corrected chi connectivity index (χ1v) is 6.03. The molecular formula is C13H7BrN2O2. The average Bonchev–Trinajstić information content (AvgIpc) is 2.84. The van der Waals surface area contributed by atoms with Crippen molar-refractivity contribution < 1.29 is 9.21 Å². The molecule has 18 heavy (non-hydrogen) atoms. The van der Waals surface area contributed by atoms with Gasteiger partial charge in [0.15, 0.2) is 5.76 Å². The minimum atomic E-state index is -0.223. The number of furan rings is 1. The van der Waals surface area contributed by atoms with Gasteiger partial charge in [0.25, 0.3) is 0 Å². The first-order valence-electron chi connectivity index (χ1n) is 5.23. The van der Waals surface area contributed by atoms with Gasteiger partial charge >= 0.3 is 0 Å². The topological polar surface area (TPSA) is 56.0 Å². The highest BCUT2D eigenvalue weighted by atomic mass is 79.9. The summed E-state index contributed by atoms with van der Waals surface area (Å²) in [6.07, 6.45) is 4.32. The summed E-state index contributed by atoms with van der Waals surface area (Å²) in [6, 6.07) is 7.37. The standard InChI is InChI=1S/C13H7BrN2O2/c14-10-3-1-2-8-4-11(18-13(8)10)12(17)9-5-15-7-16-6-9/h1-7H. The van der Waals surface area contributed by atoms with Gasteiger partial charge in [0.05, 0.1) is 10.0 Å². The van der Waals surface area contributed by atoms with E-state index in [1.807, 2.05) is 18.2 Å². The minimum Gasteiger partial charge on any atom is -0.451 e. The van der Waals surface area contributed by atoms with E-state index in [2.05, 4.69) is 25.9 Å². The smallest absolute Gasteiger partial charge is 0.231 e. The zero-order valence-corrected chi connectivity index (χ0v) is 10.7. The van der Waals surface area contributed by atoms with Crippen molar-refractivity contribution in [3.8, 4) is 0 Å². The van der Waals surface area contributed by atoms with Crippen LogP contribution in [0.25, 0.3) is 11.0 Å². The first kappa shape index (κ1) is 11.1. The van der Waals surface area contributed by atoms with Crippen LogP contribution in [0.1, 0.15) is 16.1 Å². The molecule has 0 bridgehead atoms. The van der Waals surface area contributed by atoms with Gasteiger partial charge in [-0.3, -0.25) is 4.79 Å². The van der Waals surface area contributed by atoms with Crippen molar-refractivity contribution in [2.75, 3.05) is 0 Å². The second kappa shape index (κ2) is 4.34. The number of hydrogen-bond acceptors (Lipinski definition) is 4. The molecule has 2 heterocycles. The number of halogens is 1. The van der Waals surface area contributed by atoms with E-state index in [1.165, 1.54) is 18.7 Å². The van der Waals surface area contributed by atoms with Gasteiger partial charge in [0.2, 0.25) is 5.78 Å². The molecule has 3 aromatic rings. The number of carbonyl (C=O) groups excluding carboxylic acids is 1. The van der Waals surface area contributed by atoms with Crippen molar-refractivity contribution in [1.82, 2.24) is 9.97 Å². The SMILES string of the molecule is O=C(c1cncnc1)c1cc2cccc(Br)c2o1. The Morgan fingerprint density at radius 1 is 1.22 bits per heavy atom. The molecule has 5 heteroatoms. The normalized spacial score (nSPS) is 10.7. The number of hydrogen-bond donors (Lipinski definition) is 0. The Labute approximate surface area is 111 Å². The van der Waals surface area contributed by atoms with E-state index in [0.29, 0.717) is 11.1 Å². The third kappa shape index (κ3) is 1.82. The fourth-order valence-electron chi connectivity index (χ4n) is 1.70. The summed E-state index contributed by atoms with van der Waals surface area (Å²) in [5.41, 5.74) is 1.07. The third-order valence-electron chi connectivity index (χ3n) is 2.54. The average molecular weight is 303 g/mol. The Balaban J connectivity index is 2.10. The molecule has 3 rings (SSSR count). The maximum Gasteiger partial charge on any atom is 0.231 e. The molecule has 0 amide bonds. The van der Waals surface area contributed by atoms with E-state index in [4.69, 9.17) is 4.42 Å². The fraction of sp³-hybridized carbons (Fsp3) is 0. The van der Waals surface area contributed by atoms with E-state index in [0.717, 1.165) is 9.86 Å². The number of carbonyl (C=O) groups is 1. The predicted molar refractivity (Wildman–Crippen MR) is 69.4 cm³/mol. The lowest BCUT2D eigenvalue weighted by Gasteiger charge is -1.94. The summed E-state index contributed by atoms with van der Waals surface area (Å²) in [5, 5.41) is 0.879. The second-order valence-corrected chi connectivity index (χ2v) is 4.58. The molecule has 2 aromatic heterocycles.